The van der Waals surface area contributed by atoms with Crippen LogP contribution in [0.5, 0.6) is 0 Å². The Hall–Kier alpha value is -1.62. The van der Waals surface area contributed by atoms with E-state index in [1.165, 1.54) is 5.69 Å². The van der Waals surface area contributed by atoms with Gasteiger partial charge < -0.3 is 14.7 Å². The van der Waals surface area contributed by atoms with Crippen LogP contribution >= 0.6 is 0 Å². The minimum Gasteiger partial charge on any atom is -0.371 e. The lowest BCUT2D eigenvalue weighted by atomic mass is 9.92. The van der Waals surface area contributed by atoms with E-state index in [1.54, 1.807) is 0 Å². The Morgan fingerprint density at radius 3 is 2.52 bits per heavy atom. The average molecular weight is 316 g/mol. The second kappa shape index (κ2) is 7.30. The van der Waals surface area contributed by atoms with Crippen molar-refractivity contribution in [2.75, 3.05) is 51.2 Å². The molecule has 3 rings (SSSR count). The summed E-state index contributed by atoms with van der Waals surface area (Å²) in [7, 11) is 2.12. The minimum absolute atomic E-state index is 0.358. The smallest absolute Gasteiger partial charge is 0.222 e. The summed E-state index contributed by atoms with van der Waals surface area (Å²) in [6.07, 6.45) is 4.84. The molecule has 126 valence electrons. The normalized spacial score (nSPS) is 20.8. The maximum absolute atomic E-state index is 12.5. The fourth-order valence-corrected chi connectivity index (χ4v) is 3.55. The number of carbonyl (C=O) groups excluding carboxylic acids is 1. The van der Waals surface area contributed by atoms with Gasteiger partial charge in [-0.2, -0.15) is 0 Å². The zero-order valence-corrected chi connectivity index (χ0v) is 14.4. The summed E-state index contributed by atoms with van der Waals surface area (Å²) in [4.78, 5) is 23.5. The van der Waals surface area contributed by atoms with Crippen molar-refractivity contribution < 1.29 is 4.79 Å². The van der Waals surface area contributed by atoms with Crippen LogP contribution in [-0.2, 0) is 4.79 Å². The van der Waals surface area contributed by atoms with Crippen molar-refractivity contribution in [1.82, 2.24) is 14.8 Å². The number of amides is 1. The maximum Gasteiger partial charge on any atom is 0.222 e. The highest BCUT2D eigenvalue weighted by Gasteiger charge is 2.25. The number of nitrogens with zero attached hydrogens (tertiary/aromatic N) is 4. The van der Waals surface area contributed by atoms with Crippen LogP contribution in [0.25, 0.3) is 0 Å². The highest BCUT2D eigenvalue weighted by atomic mass is 16.2. The lowest BCUT2D eigenvalue weighted by molar-refractivity contribution is -0.133. The molecule has 1 aromatic heterocycles. The minimum atomic E-state index is 0.358. The number of piperazine rings is 1. The first-order valence-corrected chi connectivity index (χ1v) is 8.76. The molecule has 0 unspecified atom stereocenters. The second-order valence-corrected chi connectivity index (χ2v) is 6.97. The van der Waals surface area contributed by atoms with E-state index in [0.29, 0.717) is 11.8 Å². The first-order valence-electron chi connectivity index (χ1n) is 8.76. The Kier molecular flexibility index (Phi) is 5.16. The first kappa shape index (κ1) is 16.2. The average Bonchev–Trinajstić information content (AvgIpc) is 2.56. The van der Waals surface area contributed by atoms with Crippen molar-refractivity contribution in [2.45, 2.75) is 26.2 Å². The summed E-state index contributed by atoms with van der Waals surface area (Å²) in [5.74, 6) is 0.901. The number of hydrogen-bond acceptors (Lipinski definition) is 4. The Morgan fingerprint density at radius 1 is 1.17 bits per heavy atom. The summed E-state index contributed by atoms with van der Waals surface area (Å²) in [5, 5.41) is 0. The van der Waals surface area contributed by atoms with Gasteiger partial charge in [-0.3, -0.25) is 9.78 Å². The number of piperidine rings is 1. The third-order valence-electron chi connectivity index (χ3n) is 5.18. The van der Waals surface area contributed by atoms with Crippen molar-refractivity contribution >= 4 is 11.6 Å². The van der Waals surface area contributed by atoms with Crippen molar-refractivity contribution in [1.29, 1.82) is 0 Å². The zero-order chi connectivity index (χ0) is 16.2. The zero-order valence-electron chi connectivity index (χ0n) is 14.4. The number of aryl methyl sites for hydroxylation is 1. The van der Waals surface area contributed by atoms with Crippen molar-refractivity contribution in [3.05, 3.63) is 24.0 Å². The van der Waals surface area contributed by atoms with E-state index in [2.05, 4.69) is 38.9 Å². The quantitative estimate of drug-likeness (QED) is 0.852. The van der Waals surface area contributed by atoms with Crippen LogP contribution in [0.3, 0.4) is 0 Å². The van der Waals surface area contributed by atoms with Gasteiger partial charge in [0.2, 0.25) is 5.91 Å². The number of pyridine rings is 1. The molecule has 3 heterocycles. The van der Waals surface area contributed by atoms with Crippen LogP contribution in [0.15, 0.2) is 18.3 Å². The van der Waals surface area contributed by atoms with Gasteiger partial charge in [0.15, 0.2) is 0 Å². The molecule has 0 radical (unpaired) electrons. The molecule has 0 aromatic carbocycles. The number of hydrogen-bond donors (Lipinski definition) is 0. The van der Waals surface area contributed by atoms with E-state index >= 15 is 0 Å². The summed E-state index contributed by atoms with van der Waals surface area (Å²) >= 11 is 0. The van der Waals surface area contributed by atoms with Gasteiger partial charge in [0.1, 0.15) is 0 Å². The third-order valence-corrected chi connectivity index (χ3v) is 5.18. The molecule has 0 atom stereocenters. The van der Waals surface area contributed by atoms with E-state index in [4.69, 9.17) is 0 Å². The van der Waals surface area contributed by atoms with Crippen LogP contribution in [0.4, 0.5) is 5.69 Å². The molecule has 0 spiro atoms. The highest BCUT2D eigenvalue weighted by Crippen LogP contribution is 2.26. The lowest BCUT2D eigenvalue weighted by Gasteiger charge is -2.36. The van der Waals surface area contributed by atoms with Gasteiger partial charge in [-0.05, 0) is 44.9 Å². The monoisotopic (exact) mass is 316 g/mol. The van der Waals surface area contributed by atoms with Gasteiger partial charge in [-0.1, -0.05) is 0 Å². The molecule has 2 aliphatic rings. The molecule has 2 fully saturated rings. The molecule has 2 aliphatic heterocycles. The van der Waals surface area contributed by atoms with Gasteiger partial charge in [-0.25, -0.2) is 0 Å². The number of anilines is 1. The van der Waals surface area contributed by atoms with Crippen molar-refractivity contribution in [3.8, 4) is 0 Å². The summed E-state index contributed by atoms with van der Waals surface area (Å²) in [6.45, 7) is 7.92. The topological polar surface area (TPSA) is 39.7 Å². The fraction of sp³-hybridized carbons (Fsp3) is 0.667. The molecular formula is C18H28N4O. The third kappa shape index (κ3) is 4.22. The summed E-state index contributed by atoms with van der Waals surface area (Å²) in [5.41, 5.74) is 2.33. The predicted octanol–water partition coefficient (Wildman–Crippen LogP) is 1.77. The number of aromatic nitrogens is 1. The number of carbonyl (C=O) groups is 1. The van der Waals surface area contributed by atoms with Crippen LogP contribution in [0.2, 0.25) is 0 Å². The van der Waals surface area contributed by atoms with E-state index in [1.807, 2.05) is 13.1 Å². The number of likely N-dealkylation sites (N-methyl/N-ethyl adjacent to an activating group) is 1. The molecule has 1 aromatic rings. The van der Waals surface area contributed by atoms with Crippen LogP contribution in [0, 0.1) is 12.8 Å². The van der Waals surface area contributed by atoms with Crippen molar-refractivity contribution in [3.63, 3.8) is 0 Å². The molecule has 1 amide bonds. The predicted molar refractivity (Wildman–Crippen MR) is 92.6 cm³/mol. The number of rotatable bonds is 3. The van der Waals surface area contributed by atoms with E-state index in [0.717, 1.165) is 64.2 Å². The van der Waals surface area contributed by atoms with Gasteiger partial charge in [0.05, 0.1) is 0 Å². The molecular weight excluding hydrogens is 288 g/mol. The SMILES string of the molecule is Cc1cc(N2CCC(CC(=O)N3CCN(C)CC3)CC2)ccn1. The lowest BCUT2D eigenvalue weighted by Crippen LogP contribution is -2.47. The molecule has 0 N–H and O–H groups in total. The molecule has 5 nitrogen and oxygen atoms in total. The van der Waals surface area contributed by atoms with Gasteiger partial charge in [0.25, 0.3) is 0 Å². The van der Waals surface area contributed by atoms with Crippen molar-refractivity contribution in [2.24, 2.45) is 5.92 Å². The molecule has 0 bridgehead atoms. The maximum atomic E-state index is 12.5. The highest BCUT2D eigenvalue weighted by molar-refractivity contribution is 5.76. The Balaban J connectivity index is 1.46. The van der Waals surface area contributed by atoms with Crippen LogP contribution in [0.1, 0.15) is 25.0 Å². The fourth-order valence-electron chi connectivity index (χ4n) is 3.55. The van der Waals surface area contributed by atoms with Gasteiger partial charge in [0, 0.05) is 63.3 Å². The standard InChI is InChI=1S/C18H28N4O/c1-15-13-17(3-6-19-15)21-7-4-16(5-8-21)14-18(23)22-11-9-20(2)10-12-22/h3,6,13,16H,4-5,7-12,14H2,1-2H3. The first-order chi connectivity index (χ1) is 11.1. The second-order valence-electron chi connectivity index (χ2n) is 6.97. The summed E-state index contributed by atoms with van der Waals surface area (Å²) < 4.78 is 0. The van der Waals surface area contributed by atoms with E-state index in [9.17, 15) is 4.79 Å². The van der Waals surface area contributed by atoms with Crippen LogP contribution < -0.4 is 4.90 Å². The largest absolute Gasteiger partial charge is 0.371 e. The Bertz CT molecular complexity index is 532. The van der Waals surface area contributed by atoms with Crippen LogP contribution in [-0.4, -0.2) is 67.0 Å². The summed E-state index contributed by atoms with van der Waals surface area (Å²) in [6, 6.07) is 4.23. The van der Waals surface area contributed by atoms with Gasteiger partial charge >= 0.3 is 0 Å². The van der Waals surface area contributed by atoms with Gasteiger partial charge in [-0.15, -0.1) is 0 Å². The molecule has 23 heavy (non-hydrogen) atoms. The molecule has 2 saturated heterocycles. The van der Waals surface area contributed by atoms with E-state index < -0.39 is 0 Å². The molecule has 0 aliphatic carbocycles. The Morgan fingerprint density at radius 2 is 1.87 bits per heavy atom. The molecule has 5 heteroatoms. The molecule has 0 saturated carbocycles. The Labute approximate surface area is 139 Å². The van der Waals surface area contributed by atoms with E-state index in [-0.39, 0.29) is 0 Å².